The molecule has 1 aromatic rings. The predicted octanol–water partition coefficient (Wildman–Crippen LogP) is 1.87. The van der Waals surface area contributed by atoms with Crippen LogP contribution in [0.4, 0.5) is 13.2 Å². The fourth-order valence-electron chi connectivity index (χ4n) is 1.55. The summed E-state index contributed by atoms with van der Waals surface area (Å²) in [4.78, 5) is -0.485. The van der Waals surface area contributed by atoms with E-state index in [0.717, 1.165) is 12.1 Å². The summed E-state index contributed by atoms with van der Waals surface area (Å²) < 4.78 is 69.0. The van der Waals surface area contributed by atoms with Gasteiger partial charge >= 0.3 is 6.18 Å². The van der Waals surface area contributed by atoms with E-state index in [4.69, 9.17) is 16.3 Å². The number of hydrogen-bond donors (Lipinski definition) is 2. The number of sulfonamides is 1. The third-order valence-electron chi connectivity index (χ3n) is 2.63. The monoisotopic (exact) mass is 360 g/mol. The number of alkyl halides is 3. The zero-order chi connectivity index (χ0) is 16.8. The molecule has 0 atom stereocenters. The lowest BCUT2D eigenvalue weighted by Gasteiger charge is -2.12. The zero-order valence-electron chi connectivity index (χ0n) is 11.7. The number of ether oxygens (including phenoxy) is 1. The molecule has 0 unspecified atom stereocenters. The lowest BCUT2D eigenvalue weighted by Crippen LogP contribution is -2.33. The van der Waals surface area contributed by atoms with Crippen molar-refractivity contribution in [2.24, 2.45) is 0 Å². The third-order valence-corrected chi connectivity index (χ3v) is 4.42. The first kappa shape index (κ1) is 19.2. The third kappa shape index (κ3) is 5.73. The molecule has 0 spiro atoms. The van der Waals surface area contributed by atoms with Gasteiger partial charge in [0.1, 0.15) is 0 Å². The van der Waals surface area contributed by atoms with Crippen LogP contribution in [0, 0.1) is 0 Å². The highest BCUT2D eigenvalue weighted by atomic mass is 35.5. The van der Waals surface area contributed by atoms with Gasteiger partial charge in [0, 0.05) is 26.7 Å². The van der Waals surface area contributed by atoms with Crippen molar-refractivity contribution in [2.45, 2.75) is 11.1 Å². The van der Waals surface area contributed by atoms with Crippen LogP contribution in [-0.2, 0) is 20.9 Å². The van der Waals surface area contributed by atoms with Gasteiger partial charge in [-0.15, -0.1) is 0 Å². The average molecular weight is 361 g/mol. The minimum Gasteiger partial charge on any atom is -0.383 e. The summed E-state index contributed by atoms with van der Waals surface area (Å²) in [5.74, 6) is 0. The standard InChI is InChI=1S/C12H16ClF3N2O3S/c1-21-7-6-17-4-5-18-22(19,20)9-2-3-11(13)10(8-9)12(14,15)16/h2-3,8,17-18H,4-7H2,1H3. The van der Waals surface area contributed by atoms with Crippen LogP contribution in [0.5, 0.6) is 0 Å². The minimum atomic E-state index is -4.72. The van der Waals surface area contributed by atoms with Gasteiger partial charge in [0.2, 0.25) is 10.0 Å². The molecule has 1 aromatic carbocycles. The molecule has 5 nitrogen and oxygen atoms in total. The smallest absolute Gasteiger partial charge is 0.383 e. The summed E-state index contributed by atoms with van der Waals surface area (Å²) >= 11 is 5.45. The first-order valence-electron chi connectivity index (χ1n) is 6.24. The van der Waals surface area contributed by atoms with Gasteiger partial charge in [-0.2, -0.15) is 13.2 Å². The molecule has 0 bridgehead atoms. The Balaban J connectivity index is 2.73. The van der Waals surface area contributed by atoms with E-state index >= 15 is 0 Å². The van der Waals surface area contributed by atoms with E-state index in [1.54, 1.807) is 0 Å². The molecule has 0 saturated carbocycles. The maximum absolute atomic E-state index is 12.7. The Morgan fingerprint density at radius 3 is 2.50 bits per heavy atom. The Morgan fingerprint density at radius 1 is 1.23 bits per heavy atom. The highest BCUT2D eigenvalue weighted by Crippen LogP contribution is 2.35. The molecule has 0 aliphatic rings. The fourth-order valence-corrected chi connectivity index (χ4v) is 2.83. The summed E-state index contributed by atoms with van der Waals surface area (Å²) in [5.41, 5.74) is -1.18. The molecule has 126 valence electrons. The van der Waals surface area contributed by atoms with Gasteiger partial charge in [-0.1, -0.05) is 11.6 Å². The van der Waals surface area contributed by atoms with Gasteiger partial charge in [0.25, 0.3) is 0 Å². The second-order valence-corrected chi connectivity index (χ2v) is 6.45. The van der Waals surface area contributed by atoms with E-state index in [0.29, 0.717) is 25.8 Å². The maximum atomic E-state index is 12.7. The van der Waals surface area contributed by atoms with Crippen LogP contribution in [0.15, 0.2) is 23.1 Å². The summed E-state index contributed by atoms with van der Waals surface area (Å²) in [6.45, 7) is 1.37. The number of methoxy groups -OCH3 is 1. The van der Waals surface area contributed by atoms with Crippen molar-refractivity contribution in [3.05, 3.63) is 28.8 Å². The topological polar surface area (TPSA) is 67.4 Å². The highest BCUT2D eigenvalue weighted by molar-refractivity contribution is 7.89. The molecule has 2 N–H and O–H groups in total. The Labute approximate surface area is 131 Å². The van der Waals surface area contributed by atoms with Crippen LogP contribution in [0.3, 0.4) is 0 Å². The van der Waals surface area contributed by atoms with Gasteiger partial charge in [-0.3, -0.25) is 0 Å². The molecule has 0 aromatic heterocycles. The molecule has 1 rings (SSSR count). The number of halogens is 4. The van der Waals surface area contributed by atoms with Gasteiger partial charge < -0.3 is 10.1 Å². The van der Waals surface area contributed by atoms with Gasteiger partial charge in [-0.05, 0) is 18.2 Å². The minimum absolute atomic E-state index is 0.0377. The van der Waals surface area contributed by atoms with Crippen molar-refractivity contribution in [1.82, 2.24) is 10.0 Å². The molecule has 0 aliphatic carbocycles. The van der Waals surface area contributed by atoms with E-state index in [1.165, 1.54) is 7.11 Å². The molecule has 22 heavy (non-hydrogen) atoms. The lowest BCUT2D eigenvalue weighted by molar-refractivity contribution is -0.137. The predicted molar refractivity (Wildman–Crippen MR) is 76.4 cm³/mol. The Kier molecular flexibility index (Phi) is 7.07. The summed E-state index contributed by atoms with van der Waals surface area (Å²) in [6.07, 6.45) is -4.72. The number of hydrogen-bond acceptors (Lipinski definition) is 4. The average Bonchev–Trinajstić information content (AvgIpc) is 2.41. The quantitative estimate of drug-likeness (QED) is 0.695. The molecule has 10 heteroatoms. The Bertz CT molecular complexity index is 594. The van der Waals surface area contributed by atoms with Gasteiger partial charge in [-0.25, -0.2) is 13.1 Å². The van der Waals surface area contributed by atoms with Crippen molar-refractivity contribution < 1.29 is 26.3 Å². The van der Waals surface area contributed by atoms with Crippen LogP contribution in [-0.4, -0.2) is 41.8 Å². The maximum Gasteiger partial charge on any atom is 0.417 e. The van der Waals surface area contributed by atoms with E-state index in [1.807, 2.05) is 0 Å². The highest BCUT2D eigenvalue weighted by Gasteiger charge is 2.34. The van der Waals surface area contributed by atoms with Crippen molar-refractivity contribution in [3.63, 3.8) is 0 Å². The first-order valence-corrected chi connectivity index (χ1v) is 8.10. The number of benzene rings is 1. The molecule has 0 amide bonds. The van der Waals surface area contributed by atoms with Crippen LogP contribution in [0.2, 0.25) is 5.02 Å². The lowest BCUT2D eigenvalue weighted by atomic mass is 10.2. The van der Waals surface area contributed by atoms with Crippen molar-refractivity contribution in [2.75, 3.05) is 33.4 Å². The summed E-state index contributed by atoms with van der Waals surface area (Å²) in [7, 11) is -2.50. The van der Waals surface area contributed by atoms with Gasteiger partial charge in [0.15, 0.2) is 0 Å². The van der Waals surface area contributed by atoms with E-state index in [9.17, 15) is 21.6 Å². The van der Waals surface area contributed by atoms with Gasteiger partial charge in [0.05, 0.1) is 22.1 Å². The zero-order valence-corrected chi connectivity index (χ0v) is 13.3. The van der Waals surface area contributed by atoms with Crippen LogP contribution in [0.25, 0.3) is 0 Å². The van der Waals surface area contributed by atoms with E-state index < -0.39 is 31.7 Å². The van der Waals surface area contributed by atoms with Crippen LogP contribution >= 0.6 is 11.6 Å². The second kappa shape index (κ2) is 8.11. The van der Waals surface area contributed by atoms with Crippen molar-refractivity contribution in [1.29, 1.82) is 0 Å². The molecular formula is C12H16ClF3N2O3S. The largest absolute Gasteiger partial charge is 0.417 e. The van der Waals surface area contributed by atoms with Crippen LogP contribution < -0.4 is 10.0 Å². The molecule has 0 radical (unpaired) electrons. The molecule has 0 aliphatic heterocycles. The number of rotatable bonds is 8. The van der Waals surface area contributed by atoms with E-state index in [-0.39, 0.29) is 6.54 Å². The second-order valence-electron chi connectivity index (χ2n) is 4.28. The van der Waals surface area contributed by atoms with Crippen LogP contribution in [0.1, 0.15) is 5.56 Å². The molecule has 0 heterocycles. The van der Waals surface area contributed by atoms with Crippen molar-refractivity contribution >= 4 is 21.6 Å². The molecule has 0 saturated heterocycles. The summed E-state index contributed by atoms with van der Waals surface area (Å²) in [6, 6.07) is 2.46. The fraction of sp³-hybridized carbons (Fsp3) is 0.500. The normalized spacial score (nSPS) is 12.6. The van der Waals surface area contributed by atoms with Crippen molar-refractivity contribution in [3.8, 4) is 0 Å². The first-order chi connectivity index (χ1) is 10.2. The Morgan fingerprint density at radius 2 is 1.91 bits per heavy atom. The SMILES string of the molecule is COCCNCCNS(=O)(=O)c1ccc(Cl)c(C(F)(F)F)c1. The number of nitrogens with one attached hydrogen (secondary N) is 2. The summed E-state index contributed by atoms with van der Waals surface area (Å²) in [5, 5.41) is 2.35. The molecule has 0 fully saturated rings. The Hall–Kier alpha value is -0.870. The molecular weight excluding hydrogens is 345 g/mol. The van der Waals surface area contributed by atoms with E-state index in [2.05, 4.69) is 10.0 Å².